The van der Waals surface area contributed by atoms with Crippen molar-refractivity contribution in [1.29, 1.82) is 5.26 Å². The van der Waals surface area contributed by atoms with Crippen molar-refractivity contribution in [3.8, 4) is 6.07 Å². The summed E-state index contributed by atoms with van der Waals surface area (Å²) in [4.78, 5) is 23.6. The molecule has 26 heavy (non-hydrogen) atoms. The molecule has 4 aliphatic carbocycles. The Hall–Kier alpha value is -1.89. The predicted molar refractivity (Wildman–Crippen MR) is 96.9 cm³/mol. The van der Waals surface area contributed by atoms with E-state index in [4.69, 9.17) is 4.74 Å². The first-order chi connectivity index (χ1) is 12.4. The molecule has 0 aromatic carbocycles. The van der Waals surface area contributed by atoms with Crippen molar-refractivity contribution >= 4 is 11.8 Å². The largest absolute Gasteiger partial charge is 0.458 e. The summed E-state index contributed by atoms with van der Waals surface area (Å²) in [5.74, 6) is 0.981. The molecule has 0 bridgehead atoms. The standard InChI is InChI=1S/C22H27NO3/c1-14(24)26-22(11-12-23)10-8-20-19-5-3-15-13-16(25)4-6-17(15)18(19)7-9-21(20,22)2/h13,19-20H,3-11H2,1-2H3/t19?,20?,21-,22+/m0/s1. The van der Waals surface area contributed by atoms with Crippen LogP contribution in [0.15, 0.2) is 22.8 Å². The summed E-state index contributed by atoms with van der Waals surface area (Å²) in [5.41, 5.74) is 3.53. The van der Waals surface area contributed by atoms with Crippen LogP contribution in [-0.2, 0) is 14.3 Å². The zero-order valence-corrected chi connectivity index (χ0v) is 15.8. The van der Waals surface area contributed by atoms with Crippen molar-refractivity contribution in [2.75, 3.05) is 0 Å². The number of ketones is 1. The monoisotopic (exact) mass is 353 g/mol. The van der Waals surface area contributed by atoms with E-state index in [1.165, 1.54) is 18.1 Å². The smallest absolute Gasteiger partial charge is 0.303 e. The molecule has 2 unspecified atom stereocenters. The van der Waals surface area contributed by atoms with Crippen molar-refractivity contribution in [3.63, 3.8) is 0 Å². The van der Waals surface area contributed by atoms with Crippen LogP contribution in [0.5, 0.6) is 0 Å². The summed E-state index contributed by atoms with van der Waals surface area (Å²) in [6.45, 7) is 3.71. The molecule has 0 radical (unpaired) electrons. The molecule has 0 N–H and O–H groups in total. The van der Waals surface area contributed by atoms with Gasteiger partial charge in [-0.2, -0.15) is 5.26 Å². The molecule has 4 heteroatoms. The van der Waals surface area contributed by atoms with Crippen LogP contribution in [0, 0.1) is 28.6 Å². The van der Waals surface area contributed by atoms with Gasteiger partial charge in [-0.3, -0.25) is 9.59 Å². The molecule has 2 saturated carbocycles. The quantitative estimate of drug-likeness (QED) is 0.690. The molecule has 4 rings (SSSR count). The highest BCUT2D eigenvalue weighted by atomic mass is 16.6. The summed E-state index contributed by atoms with van der Waals surface area (Å²) in [5, 5.41) is 9.43. The van der Waals surface area contributed by atoms with E-state index < -0.39 is 5.60 Å². The van der Waals surface area contributed by atoms with Gasteiger partial charge in [0.1, 0.15) is 5.60 Å². The third-order valence-corrected chi connectivity index (χ3v) is 7.73. The molecule has 0 aromatic heterocycles. The van der Waals surface area contributed by atoms with E-state index in [2.05, 4.69) is 13.0 Å². The van der Waals surface area contributed by atoms with Crippen LogP contribution in [-0.4, -0.2) is 17.4 Å². The molecular formula is C22H27NO3. The highest BCUT2D eigenvalue weighted by Crippen LogP contribution is 2.65. The van der Waals surface area contributed by atoms with Gasteiger partial charge >= 0.3 is 5.97 Å². The van der Waals surface area contributed by atoms with Crippen LogP contribution in [0.2, 0.25) is 0 Å². The van der Waals surface area contributed by atoms with E-state index in [9.17, 15) is 14.9 Å². The lowest BCUT2D eigenvalue weighted by molar-refractivity contribution is -0.174. The molecule has 0 aliphatic heterocycles. The molecule has 0 spiro atoms. The second kappa shape index (κ2) is 6.08. The Kier molecular flexibility index (Phi) is 4.10. The highest BCUT2D eigenvalue weighted by molar-refractivity contribution is 5.93. The van der Waals surface area contributed by atoms with Gasteiger partial charge in [-0.15, -0.1) is 0 Å². The first kappa shape index (κ1) is 17.5. The minimum Gasteiger partial charge on any atom is -0.458 e. The molecule has 0 amide bonds. The third kappa shape index (κ3) is 2.40. The number of esters is 1. The minimum absolute atomic E-state index is 0.130. The van der Waals surface area contributed by atoms with Crippen molar-refractivity contribution < 1.29 is 14.3 Å². The van der Waals surface area contributed by atoms with Crippen LogP contribution in [0.1, 0.15) is 71.6 Å². The molecule has 4 aliphatic rings. The van der Waals surface area contributed by atoms with Crippen molar-refractivity contribution in [2.24, 2.45) is 17.3 Å². The first-order valence-electron chi connectivity index (χ1n) is 9.92. The molecule has 4 atom stereocenters. The van der Waals surface area contributed by atoms with Gasteiger partial charge in [-0.05, 0) is 74.0 Å². The zero-order chi connectivity index (χ0) is 18.5. The van der Waals surface area contributed by atoms with Gasteiger partial charge in [0, 0.05) is 18.8 Å². The van der Waals surface area contributed by atoms with E-state index in [-0.39, 0.29) is 23.6 Å². The van der Waals surface area contributed by atoms with Crippen LogP contribution in [0.25, 0.3) is 0 Å². The fourth-order valence-electron chi connectivity index (χ4n) is 6.52. The predicted octanol–water partition coefficient (Wildman–Crippen LogP) is 4.41. The fourth-order valence-corrected chi connectivity index (χ4v) is 6.52. The van der Waals surface area contributed by atoms with Gasteiger partial charge in [0.25, 0.3) is 0 Å². The zero-order valence-electron chi connectivity index (χ0n) is 15.8. The van der Waals surface area contributed by atoms with E-state index in [1.54, 1.807) is 5.57 Å². The van der Waals surface area contributed by atoms with Gasteiger partial charge in [0.15, 0.2) is 5.78 Å². The average Bonchev–Trinajstić information content (AvgIpc) is 2.86. The van der Waals surface area contributed by atoms with Crippen LogP contribution in [0.4, 0.5) is 0 Å². The summed E-state index contributed by atoms with van der Waals surface area (Å²) < 4.78 is 5.88. The summed E-state index contributed by atoms with van der Waals surface area (Å²) >= 11 is 0. The topological polar surface area (TPSA) is 67.2 Å². The number of ether oxygens (including phenoxy) is 1. The van der Waals surface area contributed by atoms with Crippen LogP contribution in [0.3, 0.4) is 0 Å². The third-order valence-electron chi connectivity index (χ3n) is 7.73. The van der Waals surface area contributed by atoms with Gasteiger partial charge in [0.05, 0.1) is 12.5 Å². The number of nitriles is 1. The SMILES string of the molecule is CC(=O)O[C@@]1(CC#N)CCC2C3CCC4=CC(=O)CCC4=C3CC[C@@]21C. The molecule has 2 fully saturated rings. The first-order valence-corrected chi connectivity index (χ1v) is 9.92. The van der Waals surface area contributed by atoms with Crippen LogP contribution >= 0.6 is 0 Å². The number of fused-ring (bicyclic) bond motifs is 4. The molecule has 138 valence electrons. The van der Waals surface area contributed by atoms with Crippen LogP contribution < -0.4 is 0 Å². The lowest BCUT2D eigenvalue weighted by Crippen LogP contribution is -2.51. The Morgan fingerprint density at radius 3 is 2.81 bits per heavy atom. The maximum absolute atomic E-state index is 11.8. The number of carbonyl (C=O) groups excluding carboxylic acids is 2. The number of rotatable bonds is 2. The lowest BCUT2D eigenvalue weighted by atomic mass is 9.54. The van der Waals surface area contributed by atoms with Crippen molar-refractivity contribution in [2.45, 2.75) is 77.2 Å². The number of hydrogen-bond acceptors (Lipinski definition) is 4. The molecule has 0 saturated heterocycles. The molecule has 0 aromatic rings. The Bertz CT molecular complexity index is 771. The van der Waals surface area contributed by atoms with E-state index >= 15 is 0 Å². The van der Waals surface area contributed by atoms with Gasteiger partial charge in [-0.25, -0.2) is 0 Å². The fraction of sp³-hybridized carbons (Fsp3) is 0.682. The van der Waals surface area contributed by atoms with E-state index in [0.717, 1.165) is 44.9 Å². The van der Waals surface area contributed by atoms with Crippen molar-refractivity contribution in [1.82, 2.24) is 0 Å². The Balaban J connectivity index is 1.72. The summed E-state index contributed by atoms with van der Waals surface area (Å²) in [7, 11) is 0. The maximum atomic E-state index is 11.8. The normalized spacial score (nSPS) is 38.7. The summed E-state index contributed by atoms with van der Waals surface area (Å²) in [6.07, 6.45) is 9.56. The number of allylic oxidation sites excluding steroid dienone is 4. The van der Waals surface area contributed by atoms with Gasteiger partial charge in [0.2, 0.25) is 0 Å². The minimum atomic E-state index is -0.632. The number of nitrogens with zero attached hydrogens (tertiary/aromatic N) is 1. The molecular weight excluding hydrogens is 326 g/mol. The Labute approximate surface area is 155 Å². The summed E-state index contributed by atoms with van der Waals surface area (Å²) in [6, 6.07) is 2.30. The average molecular weight is 353 g/mol. The van der Waals surface area contributed by atoms with Gasteiger partial charge < -0.3 is 4.74 Å². The number of carbonyl (C=O) groups is 2. The van der Waals surface area contributed by atoms with Crippen molar-refractivity contribution in [3.05, 3.63) is 22.8 Å². The second-order valence-corrected chi connectivity index (χ2v) is 8.77. The Morgan fingerprint density at radius 2 is 2.08 bits per heavy atom. The maximum Gasteiger partial charge on any atom is 0.303 e. The van der Waals surface area contributed by atoms with E-state index in [0.29, 0.717) is 18.3 Å². The van der Waals surface area contributed by atoms with E-state index in [1.807, 2.05) is 6.08 Å². The Morgan fingerprint density at radius 1 is 1.27 bits per heavy atom. The van der Waals surface area contributed by atoms with Gasteiger partial charge in [-0.1, -0.05) is 12.5 Å². The lowest BCUT2D eigenvalue weighted by Gasteiger charge is -2.52. The molecule has 0 heterocycles. The highest BCUT2D eigenvalue weighted by Gasteiger charge is 2.63. The second-order valence-electron chi connectivity index (χ2n) is 8.77. The number of hydrogen-bond donors (Lipinski definition) is 0. The molecule has 4 nitrogen and oxygen atoms in total.